The first-order valence-electron chi connectivity index (χ1n) is 8.23. The molecule has 5 heteroatoms. The second kappa shape index (κ2) is 7.78. The van der Waals surface area contributed by atoms with E-state index in [0.29, 0.717) is 11.8 Å². The van der Waals surface area contributed by atoms with Gasteiger partial charge in [-0.2, -0.15) is 0 Å². The molecular formula is C16H28N2O3. The molecule has 1 saturated heterocycles. The molecule has 2 N–H and O–H groups in total. The lowest BCUT2D eigenvalue weighted by Crippen LogP contribution is -2.34. The Morgan fingerprint density at radius 1 is 1.19 bits per heavy atom. The molecule has 5 nitrogen and oxygen atoms in total. The molecule has 0 radical (unpaired) electrons. The maximum absolute atomic E-state index is 12.1. The summed E-state index contributed by atoms with van der Waals surface area (Å²) >= 11 is 0. The minimum atomic E-state index is -0.135. The highest BCUT2D eigenvalue weighted by atomic mass is 16.5. The molecule has 1 aliphatic carbocycles. The van der Waals surface area contributed by atoms with E-state index in [1.165, 1.54) is 7.11 Å². The maximum Gasteiger partial charge on any atom is 0.305 e. The lowest BCUT2D eigenvalue weighted by Gasteiger charge is -2.23. The van der Waals surface area contributed by atoms with Crippen LogP contribution in [0.4, 0.5) is 0 Å². The summed E-state index contributed by atoms with van der Waals surface area (Å²) in [4.78, 5) is 23.0. The summed E-state index contributed by atoms with van der Waals surface area (Å²) in [7, 11) is 1.42. The molecule has 0 aromatic rings. The summed E-state index contributed by atoms with van der Waals surface area (Å²) in [5.74, 6) is 0.384. The van der Waals surface area contributed by atoms with E-state index < -0.39 is 0 Å². The van der Waals surface area contributed by atoms with Gasteiger partial charge in [0.15, 0.2) is 0 Å². The van der Waals surface area contributed by atoms with Crippen molar-refractivity contribution >= 4 is 11.9 Å². The van der Waals surface area contributed by atoms with E-state index in [4.69, 9.17) is 0 Å². The van der Waals surface area contributed by atoms with Crippen molar-refractivity contribution < 1.29 is 14.3 Å². The summed E-state index contributed by atoms with van der Waals surface area (Å²) in [6.45, 7) is 2.88. The van der Waals surface area contributed by atoms with Gasteiger partial charge in [-0.3, -0.25) is 9.59 Å². The van der Waals surface area contributed by atoms with Crippen LogP contribution in [-0.2, 0) is 14.3 Å². The molecular weight excluding hydrogens is 268 g/mol. The van der Waals surface area contributed by atoms with E-state index in [9.17, 15) is 9.59 Å². The number of carbonyl (C=O) groups excluding carboxylic acids is 2. The van der Waals surface area contributed by atoms with Crippen molar-refractivity contribution in [2.24, 2.45) is 11.3 Å². The van der Waals surface area contributed by atoms with Crippen LogP contribution in [0, 0.1) is 11.3 Å². The zero-order valence-electron chi connectivity index (χ0n) is 13.1. The van der Waals surface area contributed by atoms with Crippen molar-refractivity contribution in [3.05, 3.63) is 0 Å². The molecule has 21 heavy (non-hydrogen) atoms. The number of nitrogens with one attached hydrogen (secondary N) is 2. The molecule has 120 valence electrons. The van der Waals surface area contributed by atoms with Crippen LogP contribution in [0.1, 0.15) is 51.4 Å². The third kappa shape index (κ3) is 4.70. The number of hydrogen-bond donors (Lipinski definition) is 2. The number of piperidine rings is 1. The van der Waals surface area contributed by atoms with Gasteiger partial charge in [0.25, 0.3) is 0 Å². The average Bonchev–Trinajstić information content (AvgIpc) is 3.19. The molecule has 2 rings (SSSR count). The molecule has 1 atom stereocenters. The second-order valence-corrected chi connectivity index (χ2v) is 6.40. The third-order valence-electron chi connectivity index (χ3n) is 4.94. The van der Waals surface area contributed by atoms with Crippen LogP contribution in [0.3, 0.4) is 0 Å². The Kier molecular flexibility index (Phi) is 6.03. The van der Waals surface area contributed by atoms with Crippen molar-refractivity contribution in [2.45, 2.75) is 51.4 Å². The van der Waals surface area contributed by atoms with Crippen LogP contribution in [0.15, 0.2) is 0 Å². The van der Waals surface area contributed by atoms with E-state index in [-0.39, 0.29) is 17.8 Å². The molecule has 0 aromatic carbocycles. The first kappa shape index (κ1) is 16.3. The molecule has 2 fully saturated rings. The number of rotatable bonds is 8. The second-order valence-electron chi connectivity index (χ2n) is 6.40. The lowest BCUT2D eigenvalue weighted by molar-refractivity contribution is -0.140. The fourth-order valence-electron chi connectivity index (χ4n) is 3.38. The molecule has 1 aliphatic heterocycles. The minimum absolute atomic E-state index is 0.135. The lowest BCUT2D eigenvalue weighted by atomic mass is 9.92. The largest absolute Gasteiger partial charge is 0.469 e. The highest BCUT2D eigenvalue weighted by Gasteiger charge is 2.57. The number of amides is 1. The highest BCUT2D eigenvalue weighted by Crippen LogP contribution is 2.58. The molecule has 1 saturated carbocycles. The summed E-state index contributed by atoms with van der Waals surface area (Å²) in [6.07, 6.45) is 7.83. The molecule has 1 heterocycles. The summed E-state index contributed by atoms with van der Waals surface area (Å²) in [5.41, 5.74) is 0.329. The summed E-state index contributed by atoms with van der Waals surface area (Å²) in [6, 6.07) is 0. The van der Waals surface area contributed by atoms with Crippen LogP contribution in [0.5, 0.6) is 0 Å². The first-order chi connectivity index (χ1) is 10.2. The van der Waals surface area contributed by atoms with Gasteiger partial charge in [-0.25, -0.2) is 0 Å². The zero-order chi connectivity index (χ0) is 15.1. The Bertz CT molecular complexity index is 365. The van der Waals surface area contributed by atoms with Crippen molar-refractivity contribution in [2.75, 3.05) is 26.7 Å². The number of unbranched alkanes of at least 4 members (excludes halogenated alkanes) is 3. The van der Waals surface area contributed by atoms with E-state index >= 15 is 0 Å². The average molecular weight is 296 g/mol. The van der Waals surface area contributed by atoms with Gasteiger partial charge in [0.1, 0.15) is 0 Å². The standard InChI is InChI=1S/C16H28N2O3/c1-21-14(19)6-4-2-3-5-9-18-15(20)13-12-16(13)7-10-17-11-8-16/h13,17H,2-12H2,1H3,(H,18,20). The van der Waals surface area contributed by atoms with Crippen molar-refractivity contribution in [1.82, 2.24) is 10.6 Å². The fraction of sp³-hybridized carbons (Fsp3) is 0.875. The predicted molar refractivity (Wildman–Crippen MR) is 80.8 cm³/mol. The smallest absolute Gasteiger partial charge is 0.305 e. The summed E-state index contributed by atoms with van der Waals surface area (Å²) in [5, 5.41) is 6.44. The van der Waals surface area contributed by atoms with E-state index in [1.807, 2.05) is 0 Å². The Morgan fingerprint density at radius 3 is 2.62 bits per heavy atom. The van der Waals surface area contributed by atoms with E-state index in [1.54, 1.807) is 0 Å². The van der Waals surface area contributed by atoms with Crippen molar-refractivity contribution in [3.63, 3.8) is 0 Å². The van der Waals surface area contributed by atoms with E-state index in [2.05, 4.69) is 15.4 Å². The van der Waals surface area contributed by atoms with Gasteiger partial charge in [0.2, 0.25) is 5.91 Å². The van der Waals surface area contributed by atoms with Gasteiger partial charge >= 0.3 is 5.97 Å². The Labute approximate surface area is 127 Å². The fourth-order valence-corrected chi connectivity index (χ4v) is 3.38. The number of ether oxygens (including phenoxy) is 1. The van der Waals surface area contributed by atoms with Gasteiger partial charge in [-0.15, -0.1) is 0 Å². The molecule has 0 aromatic heterocycles. The van der Waals surface area contributed by atoms with Gasteiger partial charge in [0, 0.05) is 18.9 Å². The topological polar surface area (TPSA) is 67.4 Å². The van der Waals surface area contributed by atoms with Crippen LogP contribution in [-0.4, -0.2) is 38.6 Å². The SMILES string of the molecule is COC(=O)CCCCCCNC(=O)C1CC12CCNCC2. The summed E-state index contributed by atoms with van der Waals surface area (Å²) < 4.78 is 4.60. The molecule has 1 amide bonds. The third-order valence-corrected chi connectivity index (χ3v) is 4.94. The van der Waals surface area contributed by atoms with Crippen LogP contribution in [0.2, 0.25) is 0 Å². The molecule has 0 bridgehead atoms. The van der Waals surface area contributed by atoms with Crippen molar-refractivity contribution in [1.29, 1.82) is 0 Å². The van der Waals surface area contributed by atoms with Gasteiger partial charge < -0.3 is 15.4 Å². The number of methoxy groups -OCH3 is 1. The van der Waals surface area contributed by atoms with Crippen molar-refractivity contribution in [3.8, 4) is 0 Å². The number of hydrogen-bond acceptors (Lipinski definition) is 4. The van der Waals surface area contributed by atoms with Crippen LogP contribution in [0.25, 0.3) is 0 Å². The number of carbonyl (C=O) groups is 2. The zero-order valence-corrected chi connectivity index (χ0v) is 13.1. The molecule has 1 spiro atoms. The highest BCUT2D eigenvalue weighted by molar-refractivity contribution is 5.82. The Morgan fingerprint density at radius 2 is 1.90 bits per heavy atom. The maximum atomic E-state index is 12.1. The van der Waals surface area contributed by atoms with Gasteiger partial charge in [0.05, 0.1) is 7.11 Å². The minimum Gasteiger partial charge on any atom is -0.469 e. The van der Waals surface area contributed by atoms with Gasteiger partial charge in [-0.05, 0) is 50.6 Å². The Balaban J connectivity index is 1.48. The quantitative estimate of drug-likeness (QED) is 0.527. The normalized spacial score (nSPS) is 22.8. The predicted octanol–water partition coefficient (Wildman–Crippen LogP) is 1.62. The molecule has 1 unspecified atom stereocenters. The van der Waals surface area contributed by atoms with E-state index in [0.717, 1.165) is 64.6 Å². The van der Waals surface area contributed by atoms with Crippen LogP contribution >= 0.6 is 0 Å². The Hall–Kier alpha value is -1.10. The van der Waals surface area contributed by atoms with Crippen LogP contribution < -0.4 is 10.6 Å². The molecule has 2 aliphatic rings. The first-order valence-corrected chi connectivity index (χ1v) is 8.23. The number of esters is 1. The van der Waals surface area contributed by atoms with Gasteiger partial charge in [-0.1, -0.05) is 12.8 Å². The monoisotopic (exact) mass is 296 g/mol.